The van der Waals surface area contributed by atoms with Crippen LogP contribution in [0.15, 0.2) is 30.6 Å². The van der Waals surface area contributed by atoms with E-state index in [0.29, 0.717) is 61.2 Å². The zero-order valence-electron chi connectivity index (χ0n) is 27.7. The maximum absolute atomic E-state index is 14.8. The number of hydrogen-bond acceptors (Lipinski definition) is 9. The van der Waals surface area contributed by atoms with E-state index in [4.69, 9.17) is 21.1 Å². The molecule has 5 rings (SSSR count). The van der Waals surface area contributed by atoms with Crippen molar-refractivity contribution in [2.45, 2.75) is 77.6 Å². The van der Waals surface area contributed by atoms with E-state index in [1.165, 1.54) is 12.4 Å². The van der Waals surface area contributed by atoms with E-state index in [1.807, 2.05) is 20.8 Å². The molecule has 4 atom stereocenters. The molecule has 1 aromatic heterocycles. The summed E-state index contributed by atoms with van der Waals surface area (Å²) in [6.07, 6.45) is 2.76. The molecule has 2 aliphatic heterocycles. The van der Waals surface area contributed by atoms with Gasteiger partial charge >= 0.3 is 0 Å². The number of anilines is 2. The number of likely N-dealkylation sites (N-methyl/N-ethyl adjacent to an activating group) is 1. The van der Waals surface area contributed by atoms with Crippen LogP contribution in [0.5, 0.6) is 5.75 Å². The Kier molecular flexibility index (Phi) is 10.8. The van der Waals surface area contributed by atoms with E-state index in [2.05, 4.69) is 25.9 Å². The van der Waals surface area contributed by atoms with Crippen LogP contribution in [0.25, 0.3) is 10.9 Å². The van der Waals surface area contributed by atoms with Crippen LogP contribution in [-0.4, -0.2) is 83.5 Å². The summed E-state index contributed by atoms with van der Waals surface area (Å²) in [6, 6.07) is 3.61. The van der Waals surface area contributed by atoms with Crippen molar-refractivity contribution in [3.63, 3.8) is 0 Å². The zero-order chi connectivity index (χ0) is 34.7. The average Bonchev–Trinajstić information content (AvgIpc) is 3.76. The Bertz CT molecular complexity index is 1700. The Morgan fingerprint density at radius 3 is 2.62 bits per heavy atom. The molecule has 2 aromatic carbocycles. The van der Waals surface area contributed by atoms with Crippen LogP contribution in [0.3, 0.4) is 0 Å². The van der Waals surface area contributed by atoms with Crippen molar-refractivity contribution in [2.75, 3.05) is 32.1 Å². The Labute approximate surface area is 283 Å². The van der Waals surface area contributed by atoms with E-state index in [1.54, 1.807) is 31.0 Å². The third-order valence-corrected chi connectivity index (χ3v) is 9.13. The number of benzene rings is 2. The molecule has 0 bridgehead atoms. The molecule has 2 amide bonds. The highest BCUT2D eigenvalue weighted by molar-refractivity contribution is 6.31. The summed E-state index contributed by atoms with van der Waals surface area (Å²) < 4.78 is 40.4. The van der Waals surface area contributed by atoms with E-state index < -0.39 is 40.2 Å². The number of likely N-dealkylation sites (tertiary alicyclic amines) is 1. The van der Waals surface area contributed by atoms with Gasteiger partial charge in [0.15, 0.2) is 11.6 Å². The predicted molar refractivity (Wildman–Crippen MR) is 177 cm³/mol. The smallest absolute Gasteiger partial charge is 0.246 e. The molecule has 11 nitrogen and oxygen atoms in total. The van der Waals surface area contributed by atoms with Crippen molar-refractivity contribution < 1.29 is 32.6 Å². The fraction of sp³-hybridized carbons (Fsp3) is 0.500. The lowest BCUT2D eigenvalue weighted by molar-refractivity contribution is -0.143. The average molecular weight is 687 g/mol. The van der Waals surface area contributed by atoms with Crippen molar-refractivity contribution in [2.24, 2.45) is 5.41 Å². The Balaban J connectivity index is 1.46. The highest BCUT2D eigenvalue weighted by atomic mass is 35.5. The minimum Gasteiger partial charge on any atom is -0.488 e. The first-order valence-electron chi connectivity index (χ1n) is 16.0. The molecule has 48 heavy (non-hydrogen) atoms. The number of amides is 2. The minimum atomic E-state index is -0.976. The second kappa shape index (κ2) is 14.7. The standard InChI is InChI=1S/C34H41ClF2N6O5/c1-18(38-5)32(45)42-30(34(2,3)4)33(46)43-11-6-7-25(43)26(44)14-19-13-21-24(15-27(19)48-20-10-12-47-16-20)39-17-40-31(21)41-23-9-8-22(36)28(35)29(23)37/h8-9,13,15,17-18,20,25,30,38H,6-7,10-12,14,16H2,1-5H3,(H,42,45)(H,39,40,41)/t18-,20?,25-,30+/m0/s1. The van der Waals surface area contributed by atoms with Gasteiger partial charge in [0.05, 0.1) is 36.5 Å². The summed E-state index contributed by atoms with van der Waals surface area (Å²) in [5.74, 6) is -2.04. The molecule has 3 heterocycles. The second-order valence-corrected chi connectivity index (χ2v) is 13.7. The number of halogens is 3. The number of ketones is 1. The van der Waals surface area contributed by atoms with Crippen molar-refractivity contribution in [1.82, 2.24) is 25.5 Å². The van der Waals surface area contributed by atoms with Gasteiger partial charge in [-0.15, -0.1) is 0 Å². The van der Waals surface area contributed by atoms with Crippen LogP contribution >= 0.6 is 11.6 Å². The summed E-state index contributed by atoms with van der Waals surface area (Å²) in [6.45, 7) is 8.65. The van der Waals surface area contributed by atoms with Gasteiger partial charge in [-0.3, -0.25) is 14.4 Å². The van der Waals surface area contributed by atoms with Gasteiger partial charge < -0.3 is 30.3 Å². The number of hydrogen-bond donors (Lipinski definition) is 3. The number of rotatable bonds is 11. The number of aromatic nitrogens is 2. The molecule has 2 saturated heterocycles. The normalized spacial score (nSPS) is 19.3. The van der Waals surface area contributed by atoms with Crippen molar-refractivity contribution in [1.29, 1.82) is 0 Å². The zero-order valence-corrected chi connectivity index (χ0v) is 28.4. The van der Waals surface area contributed by atoms with Crippen LogP contribution in [0.2, 0.25) is 5.02 Å². The van der Waals surface area contributed by atoms with Gasteiger partial charge in [-0.25, -0.2) is 18.7 Å². The maximum Gasteiger partial charge on any atom is 0.246 e. The number of nitrogens with one attached hydrogen (secondary N) is 3. The largest absolute Gasteiger partial charge is 0.488 e. The van der Waals surface area contributed by atoms with Crippen LogP contribution in [-0.2, 0) is 25.5 Å². The molecule has 2 aliphatic rings. The molecule has 3 aromatic rings. The van der Waals surface area contributed by atoms with Crippen LogP contribution < -0.4 is 20.7 Å². The molecule has 0 saturated carbocycles. The second-order valence-electron chi connectivity index (χ2n) is 13.3. The molecule has 2 fully saturated rings. The topological polar surface area (TPSA) is 135 Å². The molecule has 0 aliphatic carbocycles. The third kappa shape index (κ3) is 7.68. The molecule has 258 valence electrons. The first-order chi connectivity index (χ1) is 22.8. The van der Waals surface area contributed by atoms with Gasteiger partial charge in [-0.05, 0) is 50.4 Å². The highest BCUT2D eigenvalue weighted by Gasteiger charge is 2.42. The minimum absolute atomic E-state index is 0.0816. The van der Waals surface area contributed by atoms with Gasteiger partial charge in [0.1, 0.15) is 40.9 Å². The Hall–Kier alpha value is -3.94. The molecular weight excluding hydrogens is 646 g/mol. The van der Waals surface area contributed by atoms with Gasteiger partial charge in [0.2, 0.25) is 11.8 Å². The van der Waals surface area contributed by atoms with Crippen LogP contribution in [0, 0.1) is 17.0 Å². The number of nitrogens with zero attached hydrogens (tertiary/aromatic N) is 3. The number of carbonyl (C=O) groups excluding carboxylic acids is 3. The molecular formula is C34H41ClF2N6O5. The summed E-state index contributed by atoms with van der Waals surface area (Å²) in [7, 11) is 1.67. The molecule has 1 unspecified atom stereocenters. The fourth-order valence-electron chi connectivity index (χ4n) is 5.90. The van der Waals surface area contributed by atoms with Crippen molar-refractivity contribution in [3.8, 4) is 5.75 Å². The van der Waals surface area contributed by atoms with Gasteiger partial charge in [-0.1, -0.05) is 32.4 Å². The van der Waals surface area contributed by atoms with Crippen LogP contribution in [0.1, 0.15) is 52.5 Å². The van der Waals surface area contributed by atoms with Crippen molar-refractivity contribution in [3.05, 3.63) is 52.8 Å². The Morgan fingerprint density at radius 2 is 1.94 bits per heavy atom. The molecule has 3 N–H and O–H groups in total. The number of fused-ring (bicyclic) bond motifs is 1. The van der Waals surface area contributed by atoms with E-state index >= 15 is 0 Å². The molecule has 0 spiro atoms. The first-order valence-corrected chi connectivity index (χ1v) is 16.4. The maximum atomic E-state index is 14.8. The lowest BCUT2D eigenvalue weighted by Gasteiger charge is -2.36. The lowest BCUT2D eigenvalue weighted by Crippen LogP contribution is -2.58. The Morgan fingerprint density at radius 1 is 1.17 bits per heavy atom. The van der Waals surface area contributed by atoms with E-state index in [9.17, 15) is 23.2 Å². The van der Waals surface area contributed by atoms with Gasteiger partial charge in [0.25, 0.3) is 0 Å². The van der Waals surface area contributed by atoms with Crippen molar-refractivity contribution >= 4 is 51.6 Å². The third-order valence-electron chi connectivity index (χ3n) is 8.79. The summed E-state index contributed by atoms with van der Waals surface area (Å²) in [5, 5.41) is 8.46. The number of ether oxygens (including phenoxy) is 2. The quantitative estimate of drug-likeness (QED) is 0.245. The molecule has 14 heteroatoms. The number of Topliss-reactive ketones (excluding diaryl/α,β-unsaturated/α-hetero) is 1. The van der Waals surface area contributed by atoms with E-state index in [-0.39, 0.29) is 41.6 Å². The summed E-state index contributed by atoms with van der Waals surface area (Å²) in [5.41, 5.74) is 0.282. The van der Waals surface area contributed by atoms with E-state index in [0.717, 1.165) is 6.07 Å². The summed E-state index contributed by atoms with van der Waals surface area (Å²) >= 11 is 5.80. The monoisotopic (exact) mass is 686 g/mol. The first kappa shape index (κ1) is 35.4. The highest BCUT2D eigenvalue weighted by Crippen LogP contribution is 2.35. The van der Waals surface area contributed by atoms with Gasteiger partial charge in [-0.2, -0.15) is 0 Å². The SMILES string of the molecule is CN[C@@H](C)C(=O)N[C@H](C(=O)N1CCC[C@H]1C(=O)Cc1cc2c(Nc3ccc(F)c(Cl)c3F)ncnc2cc1OC1CCOC1)C(C)(C)C. The predicted octanol–water partition coefficient (Wildman–Crippen LogP) is 4.71. The molecule has 0 radical (unpaired) electrons. The van der Waals surface area contributed by atoms with Crippen LogP contribution in [0.4, 0.5) is 20.3 Å². The lowest BCUT2D eigenvalue weighted by atomic mass is 9.85. The fourth-order valence-corrected chi connectivity index (χ4v) is 6.06. The van der Waals surface area contributed by atoms with Gasteiger partial charge in [0, 0.05) is 36.4 Å². The number of carbonyl (C=O) groups is 3. The summed E-state index contributed by atoms with van der Waals surface area (Å²) in [4.78, 5) is 51.1.